The Morgan fingerprint density at radius 3 is 2.67 bits per heavy atom. The number of ether oxygens (including phenoxy) is 1. The first kappa shape index (κ1) is 15.7. The highest BCUT2D eigenvalue weighted by Crippen LogP contribution is 2.33. The average Bonchev–Trinajstić information content (AvgIpc) is 2.44. The second-order valence-electron chi connectivity index (χ2n) is 4.84. The van der Waals surface area contributed by atoms with Gasteiger partial charge in [-0.1, -0.05) is 13.8 Å². The van der Waals surface area contributed by atoms with Gasteiger partial charge in [-0.05, 0) is 35.0 Å². The van der Waals surface area contributed by atoms with Crippen LogP contribution >= 0.6 is 15.9 Å². The fourth-order valence-electron chi connectivity index (χ4n) is 1.67. The van der Waals surface area contributed by atoms with E-state index in [0.717, 1.165) is 0 Å². The van der Waals surface area contributed by atoms with Crippen LogP contribution in [0, 0.1) is 12.7 Å². The zero-order valence-electron chi connectivity index (χ0n) is 11.9. The maximum absolute atomic E-state index is 13.3. The van der Waals surface area contributed by atoms with E-state index in [1.165, 1.54) is 12.1 Å². The molecular formula is C14H16BrFN4O. The first-order valence-electron chi connectivity index (χ1n) is 6.40. The number of nitrogens with one attached hydrogen (secondary N) is 1. The van der Waals surface area contributed by atoms with Crippen LogP contribution in [0.25, 0.3) is 0 Å². The van der Waals surface area contributed by atoms with Gasteiger partial charge in [-0.15, -0.1) is 0 Å². The number of hydrogen-bond acceptors (Lipinski definition) is 5. The van der Waals surface area contributed by atoms with Gasteiger partial charge in [0.15, 0.2) is 5.82 Å². The fourth-order valence-corrected chi connectivity index (χ4v) is 2.00. The zero-order chi connectivity index (χ0) is 15.6. The molecule has 0 aliphatic carbocycles. The molecule has 0 saturated heterocycles. The molecule has 1 aromatic heterocycles. The molecule has 0 saturated carbocycles. The number of benzene rings is 1. The van der Waals surface area contributed by atoms with Crippen molar-refractivity contribution in [2.75, 3.05) is 5.43 Å². The van der Waals surface area contributed by atoms with E-state index in [9.17, 15) is 4.39 Å². The highest BCUT2D eigenvalue weighted by molar-refractivity contribution is 9.10. The Bertz CT molecular complexity index is 664. The third-order valence-corrected chi connectivity index (χ3v) is 3.53. The highest BCUT2D eigenvalue weighted by Gasteiger charge is 2.15. The molecule has 1 heterocycles. The van der Waals surface area contributed by atoms with Crippen LogP contribution < -0.4 is 16.0 Å². The number of rotatable bonds is 4. The van der Waals surface area contributed by atoms with Gasteiger partial charge in [0.2, 0.25) is 5.88 Å². The molecular weight excluding hydrogens is 339 g/mol. The third-order valence-electron chi connectivity index (χ3n) is 2.87. The molecule has 3 N–H and O–H groups in total. The molecule has 1 aromatic carbocycles. The number of hydrazine groups is 1. The number of halogens is 2. The second-order valence-corrected chi connectivity index (χ2v) is 5.69. The Hall–Kier alpha value is -1.73. The van der Waals surface area contributed by atoms with Crippen molar-refractivity contribution in [1.82, 2.24) is 9.97 Å². The zero-order valence-corrected chi connectivity index (χ0v) is 13.5. The summed E-state index contributed by atoms with van der Waals surface area (Å²) in [6, 6.07) is 4.21. The van der Waals surface area contributed by atoms with Crippen molar-refractivity contribution in [3.63, 3.8) is 0 Å². The predicted molar refractivity (Wildman–Crippen MR) is 82.8 cm³/mol. The quantitative estimate of drug-likeness (QED) is 0.643. The molecule has 0 radical (unpaired) electrons. The Labute approximate surface area is 130 Å². The van der Waals surface area contributed by atoms with Crippen molar-refractivity contribution in [3.8, 4) is 11.6 Å². The van der Waals surface area contributed by atoms with E-state index >= 15 is 0 Å². The lowest BCUT2D eigenvalue weighted by Gasteiger charge is -2.14. The van der Waals surface area contributed by atoms with Crippen LogP contribution in [0.2, 0.25) is 0 Å². The summed E-state index contributed by atoms with van der Waals surface area (Å²) in [5, 5.41) is 0. The van der Waals surface area contributed by atoms with Crippen molar-refractivity contribution >= 4 is 21.7 Å². The molecule has 0 fully saturated rings. The van der Waals surface area contributed by atoms with E-state index in [1.807, 2.05) is 13.8 Å². The van der Waals surface area contributed by atoms with Crippen LogP contribution in [0.4, 0.5) is 10.2 Å². The van der Waals surface area contributed by atoms with Gasteiger partial charge in [-0.2, -0.15) is 4.98 Å². The Balaban J connectivity index is 2.47. The number of nitrogen functional groups attached to an aromatic ring is 1. The minimum absolute atomic E-state index is 0.107. The molecule has 112 valence electrons. The molecule has 2 aromatic rings. The molecule has 0 unspecified atom stereocenters. The lowest BCUT2D eigenvalue weighted by atomic mass is 10.2. The number of nitrogens with two attached hydrogens (primary N) is 1. The summed E-state index contributed by atoms with van der Waals surface area (Å²) in [6.07, 6.45) is 0. The summed E-state index contributed by atoms with van der Waals surface area (Å²) >= 11 is 3.32. The van der Waals surface area contributed by atoms with E-state index < -0.39 is 0 Å². The van der Waals surface area contributed by atoms with Gasteiger partial charge in [-0.25, -0.2) is 15.2 Å². The minimum atomic E-state index is -0.388. The monoisotopic (exact) mass is 354 g/mol. The fraction of sp³-hybridized carbons (Fsp3) is 0.286. The molecule has 2 rings (SSSR count). The van der Waals surface area contributed by atoms with Gasteiger partial charge in [-0.3, -0.25) is 0 Å². The second kappa shape index (κ2) is 6.36. The standard InChI is InChI=1S/C14H16BrFN4O/c1-7(2)12-18-13(20-17)8(3)14(19-12)21-11-6-9(16)4-5-10(11)15/h4-7H,17H2,1-3H3,(H,18,19,20). The molecule has 0 amide bonds. The number of aromatic nitrogens is 2. The Kier molecular flexibility index (Phi) is 4.74. The summed E-state index contributed by atoms with van der Waals surface area (Å²) in [5.41, 5.74) is 3.18. The van der Waals surface area contributed by atoms with Crippen LogP contribution in [-0.2, 0) is 0 Å². The van der Waals surface area contributed by atoms with E-state index in [4.69, 9.17) is 10.6 Å². The lowest BCUT2D eigenvalue weighted by molar-refractivity contribution is 0.446. The number of nitrogens with zero attached hydrogens (tertiary/aromatic N) is 2. The van der Waals surface area contributed by atoms with Gasteiger partial charge in [0.1, 0.15) is 17.4 Å². The minimum Gasteiger partial charge on any atom is -0.437 e. The van der Waals surface area contributed by atoms with Crippen molar-refractivity contribution in [1.29, 1.82) is 0 Å². The van der Waals surface area contributed by atoms with Gasteiger partial charge >= 0.3 is 0 Å². The molecule has 5 nitrogen and oxygen atoms in total. The third kappa shape index (κ3) is 3.48. The summed E-state index contributed by atoms with van der Waals surface area (Å²) in [4.78, 5) is 8.69. The van der Waals surface area contributed by atoms with Gasteiger partial charge in [0.25, 0.3) is 0 Å². The first-order chi connectivity index (χ1) is 9.92. The molecule has 0 spiro atoms. The molecule has 21 heavy (non-hydrogen) atoms. The van der Waals surface area contributed by atoms with Crippen LogP contribution in [0.15, 0.2) is 22.7 Å². The van der Waals surface area contributed by atoms with Crippen LogP contribution in [-0.4, -0.2) is 9.97 Å². The molecule has 0 bridgehead atoms. The van der Waals surface area contributed by atoms with E-state index in [0.29, 0.717) is 33.3 Å². The highest BCUT2D eigenvalue weighted by atomic mass is 79.9. The van der Waals surface area contributed by atoms with Gasteiger partial charge in [0.05, 0.1) is 10.0 Å². The molecule has 0 atom stereocenters. The summed E-state index contributed by atoms with van der Waals surface area (Å²) in [5.74, 6) is 6.95. The van der Waals surface area contributed by atoms with Crippen molar-refractivity contribution in [2.24, 2.45) is 5.84 Å². The smallest absolute Gasteiger partial charge is 0.227 e. The van der Waals surface area contributed by atoms with E-state index in [-0.39, 0.29) is 11.7 Å². The van der Waals surface area contributed by atoms with Gasteiger partial charge in [0, 0.05) is 12.0 Å². The van der Waals surface area contributed by atoms with Crippen LogP contribution in [0.1, 0.15) is 31.2 Å². The van der Waals surface area contributed by atoms with Crippen molar-refractivity contribution in [2.45, 2.75) is 26.7 Å². The maximum atomic E-state index is 13.3. The molecule has 7 heteroatoms. The normalized spacial score (nSPS) is 10.8. The Morgan fingerprint density at radius 1 is 1.33 bits per heavy atom. The van der Waals surface area contributed by atoms with Crippen molar-refractivity contribution < 1.29 is 9.13 Å². The molecule has 0 aliphatic heterocycles. The average molecular weight is 355 g/mol. The maximum Gasteiger partial charge on any atom is 0.227 e. The predicted octanol–water partition coefficient (Wildman–Crippen LogP) is 3.89. The van der Waals surface area contributed by atoms with Crippen LogP contribution in [0.5, 0.6) is 11.6 Å². The number of anilines is 1. The molecule has 0 aliphatic rings. The van der Waals surface area contributed by atoms with Crippen molar-refractivity contribution in [3.05, 3.63) is 39.9 Å². The SMILES string of the molecule is Cc1c(NN)nc(C(C)C)nc1Oc1cc(F)ccc1Br. The lowest BCUT2D eigenvalue weighted by Crippen LogP contribution is -2.13. The Morgan fingerprint density at radius 2 is 2.05 bits per heavy atom. The number of hydrogen-bond donors (Lipinski definition) is 2. The summed E-state index contributed by atoms with van der Waals surface area (Å²) in [7, 11) is 0. The topological polar surface area (TPSA) is 73.1 Å². The largest absolute Gasteiger partial charge is 0.437 e. The van der Waals surface area contributed by atoms with Crippen LogP contribution in [0.3, 0.4) is 0 Å². The first-order valence-corrected chi connectivity index (χ1v) is 7.19. The van der Waals surface area contributed by atoms with E-state index in [1.54, 1.807) is 13.0 Å². The summed E-state index contributed by atoms with van der Waals surface area (Å²) in [6.45, 7) is 5.71. The van der Waals surface area contributed by atoms with E-state index in [2.05, 4.69) is 31.3 Å². The summed E-state index contributed by atoms with van der Waals surface area (Å²) < 4.78 is 19.7. The van der Waals surface area contributed by atoms with Gasteiger partial charge < -0.3 is 10.2 Å².